The van der Waals surface area contributed by atoms with Gasteiger partial charge in [-0.25, -0.2) is 0 Å². The van der Waals surface area contributed by atoms with Crippen LogP contribution >= 0.6 is 0 Å². The Morgan fingerprint density at radius 2 is 1.81 bits per heavy atom. The molecule has 0 bridgehead atoms. The van der Waals surface area contributed by atoms with E-state index in [1.807, 2.05) is 0 Å². The molecule has 0 spiro atoms. The van der Waals surface area contributed by atoms with Crippen molar-refractivity contribution in [1.29, 1.82) is 0 Å². The number of rotatable bonds is 4. The first kappa shape index (κ1) is 13.0. The van der Waals surface area contributed by atoms with Crippen LogP contribution in [0.25, 0.3) is 0 Å². The summed E-state index contributed by atoms with van der Waals surface area (Å²) in [6.45, 7) is 5.36. The Bertz CT molecular complexity index is 273. The minimum atomic E-state index is -0.753. The summed E-state index contributed by atoms with van der Waals surface area (Å²) in [5, 5.41) is 0. The molecular formula is C12H20O4. The highest BCUT2D eigenvalue weighted by Gasteiger charge is 2.37. The molecule has 0 aliphatic heterocycles. The van der Waals surface area contributed by atoms with Gasteiger partial charge in [0.05, 0.1) is 7.11 Å². The lowest BCUT2D eigenvalue weighted by atomic mass is 10.0. The van der Waals surface area contributed by atoms with Gasteiger partial charge in [-0.3, -0.25) is 9.59 Å². The molecule has 0 heterocycles. The van der Waals surface area contributed by atoms with Crippen molar-refractivity contribution in [3.63, 3.8) is 0 Å². The van der Waals surface area contributed by atoms with Crippen molar-refractivity contribution in [2.24, 2.45) is 11.8 Å². The summed E-state index contributed by atoms with van der Waals surface area (Å²) in [7, 11) is 1.30. The van der Waals surface area contributed by atoms with Gasteiger partial charge in [0.2, 0.25) is 0 Å². The van der Waals surface area contributed by atoms with Crippen LogP contribution in [0.3, 0.4) is 0 Å². The fraction of sp³-hybridized carbons (Fsp3) is 0.833. The molecule has 0 N–H and O–H groups in total. The van der Waals surface area contributed by atoms with Gasteiger partial charge in [0.25, 0.3) is 0 Å². The summed E-state index contributed by atoms with van der Waals surface area (Å²) in [6.07, 6.45) is 2.74. The molecule has 1 fully saturated rings. The van der Waals surface area contributed by atoms with Gasteiger partial charge in [-0.2, -0.15) is 0 Å². The highest BCUT2D eigenvalue weighted by Crippen LogP contribution is 2.36. The Morgan fingerprint density at radius 1 is 1.25 bits per heavy atom. The van der Waals surface area contributed by atoms with E-state index in [1.54, 1.807) is 20.8 Å². The maximum Gasteiger partial charge on any atom is 0.320 e. The van der Waals surface area contributed by atoms with Crippen molar-refractivity contribution < 1.29 is 19.1 Å². The number of esters is 2. The fourth-order valence-corrected chi connectivity index (χ4v) is 1.49. The van der Waals surface area contributed by atoms with E-state index in [4.69, 9.17) is 4.74 Å². The number of hydrogen-bond donors (Lipinski definition) is 0. The highest BCUT2D eigenvalue weighted by atomic mass is 16.6. The number of ether oxygens (including phenoxy) is 2. The van der Waals surface area contributed by atoms with Gasteiger partial charge in [-0.05, 0) is 33.1 Å². The second kappa shape index (κ2) is 4.85. The minimum absolute atomic E-state index is 0.466. The third kappa shape index (κ3) is 4.21. The molecule has 0 saturated heterocycles. The van der Waals surface area contributed by atoms with Gasteiger partial charge in [-0.1, -0.05) is 12.8 Å². The maximum absolute atomic E-state index is 11.8. The molecule has 1 rings (SSSR count). The molecule has 1 atom stereocenters. The molecule has 0 amide bonds. The standard InChI is InChI=1S/C12H20O4/c1-12(2,3)16-11(14)9(10(13)15-4)7-8-5-6-8/h8-9H,5-7H2,1-4H3. The van der Waals surface area contributed by atoms with E-state index in [1.165, 1.54) is 7.11 Å². The molecule has 16 heavy (non-hydrogen) atoms. The van der Waals surface area contributed by atoms with Crippen molar-refractivity contribution in [2.75, 3.05) is 7.11 Å². The molecule has 0 radical (unpaired) electrons. The lowest BCUT2D eigenvalue weighted by Gasteiger charge is -2.22. The molecule has 1 saturated carbocycles. The molecule has 1 aliphatic carbocycles. The monoisotopic (exact) mass is 228 g/mol. The Morgan fingerprint density at radius 3 is 2.19 bits per heavy atom. The SMILES string of the molecule is COC(=O)C(CC1CC1)C(=O)OC(C)(C)C. The van der Waals surface area contributed by atoms with Crippen LogP contribution in [0.5, 0.6) is 0 Å². The molecule has 0 aromatic heterocycles. The smallest absolute Gasteiger partial charge is 0.320 e. The van der Waals surface area contributed by atoms with E-state index in [0.717, 1.165) is 12.8 Å². The molecule has 1 unspecified atom stereocenters. The van der Waals surface area contributed by atoms with Gasteiger partial charge in [0.15, 0.2) is 5.92 Å². The van der Waals surface area contributed by atoms with Crippen LogP contribution in [0.1, 0.15) is 40.0 Å². The molecular weight excluding hydrogens is 208 g/mol. The molecule has 92 valence electrons. The van der Waals surface area contributed by atoms with Crippen molar-refractivity contribution in [3.8, 4) is 0 Å². The molecule has 0 aromatic carbocycles. The van der Waals surface area contributed by atoms with Crippen molar-refractivity contribution in [2.45, 2.75) is 45.6 Å². The fourth-order valence-electron chi connectivity index (χ4n) is 1.49. The zero-order valence-corrected chi connectivity index (χ0v) is 10.4. The van der Waals surface area contributed by atoms with Crippen molar-refractivity contribution in [1.82, 2.24) is 0 Å². The molecule has 0 aromatic rings. The van der Waals surface area contributed by atoms with Gasteiger partial charge in [0.1, 0.15) is 5.60 Å². The van der Waals surface area contributed by atoms with Crippen LogP contribution in [-0.4, -0.2) is 24.6 Å². The van der Waals surface area contributed by atoms with Gasteiger partial charge in [-0.15, -0.1) is 0 Å². The van der Waals surface area contributed by atoms with E-state index >= 15 is 0 Å². The summed E-state index contributed by atoms with van der Waals surface area (Å²) < 4.78 is 9.85. The molecule has 4 nitrogen and oxygen atoms in total. The minimum Gasteiger partial charge on any atom is -0.468 e. The summed E-state index contributed by atoms with van der Waals surface area (Å²) in [5.74, 6) is -1.22. The van der Waals surface area contributed by atoms with Crippen LogP contribution in [0, 0.1) is 11.8 Å². The number of carbonyl (C=O) groups is 2. The van der Waals surface area contributed by atoms with Crippen LogP contribution < -0.4 is 0 Å². The van der Waals surface area contributed by atoms with Crippen LogP contribution in [0.2, 0.25) is 0 Å². The van der Waals surface area contributed by atoms with Crippen molar-refractivity contribution in [3.05, 3.63) is 0 Å². The Balaban J connectivity index is 2.59. The second-order valence-electron chi connectivity index (χ2n) is 5.29. The summed E-state index contributed by atoms with van der Waals surface area (Å²) in [6, 6.07) is 0. The highest BCUT2D eigenvalue weighted by molar-refractivity contribution is 5.95. The van der Waals surface area contributed by atoms with E-state index in [2.05, 4.69) is 4.74 Å². The third-order valence-electron chi connectivity index (χ3n) is 2.44. The topological polar surface area (TPSA) is 52.6 Å². The third-order valence-corrected chi connectivity index (χ3v) is 2.44. The number of methoxy groups -OCH3 is 1. The summed E-state index contributed by atoms with van der Waals surface area (Å²) in [4.78, 5) is 23.3. The van der Waals surface area contributed by atoms with Gasteiger partial charge >= 0.3 is 11.9 Å². The zero-order valence-electron chi connectivity index (χ0n) is 10.4. The van der Waals surface area contributed by atoms with Gasteiger partial charge in [0, 0.05) is 0 Å². The van der Waals surface area contributed by atoms with Crippen LogP contribution in [-0.2, 0) is 19.1 Å². The van der Waals surface area contributed by atoms with Crippen LogP contribution in [0.15, 0.2) is 0 Å². The lowest BCUT2D eigenvalue weighted by Crippen LogP contribution is -2.33. The van der Waals surface area contributed by atoms with Gasteiger partial charge < -0.3 is 9.47 Å². The average Bonchev–Trinajstić information content (AvgIpc) is 2.93. The lowest BCUT2D eigenvalue weighted by molar-refractivity contribution is -0.168. The zero-order chi connectivity index (χ0) is 12.3. The Hall–Kier alpha value is -1.06. The maximum atomic E-state index is 11.8. The predicted molar refractivity (Wildman–Crippen MR) is 58.7 cm³/mol. The van der Waals surface area contributed by atoms with Crippen molar-refractivity contribution >= 4 is 11.9 Å². The molecule has 4 heteroatoms. The first-order valence-corrected chi connectivity index (χ1v) is 5.64. The normalized spacial score (nSPS) is 17.8. The number of hydrogen-bond acceptors (Lipinski definition) is 4. The van der Waals surface area contributed by atoms with E-state index in [0.29, 0.717) is 12.3 Å². The van der Waals surface area contributed by atoms with E-state index < -0.39 is 23.5 Å². The van der Waals surface area contributed by atoms with E-state index in [-0.39, 0.29) is 0 Å². The summed E-state index contributed by atoms with van der Waals surface area (Å²) in [5.41, 5.74) is -0.563. The predicted octanol–water partition coefficient (Wildman–Crippen LogP) is 1.92. The Labute approximate surface area is 96.3 Å². The first-order valence-electron chi connectivity index (χ1n) is 5.64. The first-order chi connectivity index (χ1) is 7.33. The second-order valence-corrected chi connectivity index (χ2v) is 5.29. The number of carbonyl (C=O) groups excluding carboxylic acids is 2. The largest absolute Gasteiger partial charge is 0.468 e. The van der Waals surface area contributed by atoms with Crippen LogP contribution in [0.4, 0.5) is 0 Å². The average molecular weight is 228 g/mol. The quantitative estimate of drug-likeness (QED) is 0.545. The Kier molecular flexibility index (Phi) is 3.94. The van der Waals surface area contributed by atoms with E-state index in [9.17, 15) is 9.59 Å². The summed E-state index contributed by atoms with van der Waals surface area (Å²) >= 11 is 0. The molecule has 1 aliphatic rings.